The molecule has 1 unspecified atom stereocenters. The second-order valence-electron chi connectivity index (χ2n) is 5.22. The van der Waals surface area contributed by atoms with Crippen LogP contribution in [0.2, 0.25) is 0 Å². The molecule has 2 rings (SSSR count). The van der Waals surface area contributed by atoms with Gasteiger partial charge in [-0.05, 0) is 49.6 Å². The Morgan fingerprint density at radius 2 is 1.90 bits per heavy atom. The lowest BCUT2D eigenvalue weighted by Gasteiger charge is -2.14. The summed E-state index contributed by atoms with van der Waals surface area (Å²) in [5.41, 5.74) is 1.87. The Hall–Kier alpha value is -1.39. The Kier molecular flexibility index (Phi) is 5.76. The van der Waals surface area contributed by atoms with Crippen LogP contribution in [0.5, 0.6) is 5.75 Å². The first-order valence-corrected chi connectivity index (χ1v) is 7.79. The number of hydrogen-bond acceptors (Lipinski definition) is 2. The quantitative estimate of drug-likeness (QED) is 0.807. The number of aromatic hydroxyl groups is 1. The number of aryl methyl sites for hydroxylation is 1. The summed E-state index contributed by atoms with van der Waals surface area (Å²) in [7, 11) is 0. The van der Waals surface area contributed by atoms with Gasteiger partial charge in [0.1, 0.15) is 11.6 Å². The molecule has 0 amide bonds. The molecule has 0 aliphatic carbocycles. The van der Waals surface area contributed by atoms with Gasteiger partial charge in [0.05, 0.1) is 0 Å². The molecule has 0 aliphatic rings. The van der Waals surface area contributed by atoms with Crippen molar-refractivity contribution in [2.75, 3.05) is 0 Å². The molecule has 2 aromatic rings. The fourth-order valence-corrected chi connectivity index (χ4v) is 2.43. The summed E-state index contributed by atoms with van der Waals surface area (Å²) < 4.78 is 14.4. The summed E-state index contributed by atoms with van der Waals surface area (Å²) in [5.74, 6) is 0.0956. The number of benzene rings is 2. The molecule has 0 spiro atoms. The van der Waals surface area contributed by atoms with E-state index < -0.39 is 0 Å². The fraction of sp³-hybridized carbons (Fsp3) is 0.294. The van der Waals surface area contributed by atoms with Crippen molar-refractivity contribution in [1.29, 1.82) is 0 Å². The minimum absolute atomic E-state index is 0.192. The zero-order valence-electron chi connectivity index (χ0n) is 11.9. The number of halogens is 2. The van der Waals surface area contributed by atoms with Gasteiger partial charge < -0.3 is 10.4 Å². The van der Waals surface area contributed by atoms with E-state index in [4.69, 9.17) is 0 Å². The van der Waals surface area contributed by atoms with E-state index in [0.717, 1.165) is 17.3 Å². The van der Waals surface area contributed by atoms with Crippen LogP contribution in [0.15, 0.2) is 46.9 Å². The number of phenols is 1. The molecular weight excluding hydrogens is 333 g/mol. The maximum atomic E-state index is 13.7. The second-order valence-corrected chi connectivity index (χ2v) is 6.14. The Morgan fingerprint density at radius 3 is 2.57 bits per heavy atom. The third-order valence-electron chi connectivity index (χ3n) is 3.46. The number of rotatable bonds is 6. The van der Waals surface area contributed by atoms with Crippen molar-refractivity contribution < 1.29 is 9.50 Å². The van der Waals surface area contributed by atoms with Crippen molar-refractivity contribution in [2.24, 2.45) is 0 Å². The monoisotopic (exact) mass is 351 g/mol. The predicted octanol–water partition coefficient (Wildman–Crippen LogP) is 4.40. The summed E-state index contributed by atoms with van der Waals surface area (Å²) in [6.45, 7) is 2.62. The van der Waals surface area contributed by atoms with Gasteiger partial charge in [0.2, 0.25) is 0 Å². The predicted molar refractivity (Wildman–Crippen MR) is 86.8 cm³/mol. The van der Waals surface area contributed by atoms with Crippen LogP contribution in [0.1, 0.15) is 24.5 Å². The highest BCUT2D eigenvalue weighted by Gasteiger charge is 2.06. The van der Waals surface area contributed by atoms with E-state index >= 15 is 0 Å². The maximum Gasteiger partial charge on any atom is 0.128 e. The average molecular weight is 352 g/mol. The van der Waals surface area contributed by atoms with Crippen LogP contribution in [0.25, 0.3) is 0 Å². The third-order valence-corrected chi connectivity index (χ3v) is 3.95. The molecule has 0 aromatic heterocycles. The summed E-state index contributed by atoms with van der Waals surface area (Å²) >= 11 is 3.25. The molecule has 4 heteroatoms. The first-order chi connectivity index (χ1) is 10.0. The smallest absolute Gasteiger partial charge is 0.128 e. The largest absolute Gasteiger partial charge is 0.508 e. The fourth-order valence-electron chi connectivity index (χ4n) is 2.10. The van der Waals surface area contributed by atoms with E-state index in [1.807, 2.05) is 18.2 Å². The van der Waals surface area contributed by atoms with Crippen molar-refractivity contribution in [3.05, 3.63) is 63.9 Å². The summed E-state index contributed by atoms with van der Waals surface area (Å²) in [6, 6.07) is 12.7. The first kappa shape index (κ1) is 16.0. The summed E-state index contributed by atoms with van der Waals surface area (Å²) in [5, 5.41) is 12.6. The van der Waals surface area contributed by atoms with Crippen molar-refractivity contribution in [3.8, 4) is 5.75 Å². The molecule has 2 nitrogen and oxygen atoms in total. The van der Waals surface area contributed by atoms with Crippen LogP contribution in [-0.4, -0.2) is 11.1 Å². The summed E-state index contributed by atoms with van der Waals surface area (Å²) in [4.78, 5) is 0. The molecule has 0 radical (unpaired) electrons. The Balaban J connectivity index is 1.79. The van der Waals surface area contributed by atoms with Gasteiger partial charge in [-0.25, -0.2) is 4.39 Å². The molecule has 2 aromatic carbocycles. The van der Waals surface area contributed by atoms with E-state index in [-0.39, 0.29) is 11.6 Å². The van der Waals surface area contributed by atoms with Gasteiger partial charge in [-0.3, -0.25) is 0 Å². The van der Waals surface area contributed by atoms with Crippen molar-refractivity contribution in [2.45, 2.75) is 32.4 Å². The highest BCUT2D eigenvalue weighted by atomic mass is 79.9. The lowest BCUT2D eigenvalue weighted by molar-refractivity contribution is 0.474. The second kappa shape index (κ2) is 7.57. The first-order valence-electron chi connectivity index (χ1n) is 7.00. The third kappa shape index (κ3) is 5.14. The van der Waals surface area contributed by atoms with Gasteiger partial charge >= 0.3 is 0 Å². The van der Waals surface area contributed by atoms with Gasteiger partial charge in [-0.15, -0.1) is 0 Å². The van der Waals surface area contributed by atoms with Gasteiger partial charge in [0, 0.05) is 22.6 Å². The molecule has 2 N–H and O–H groups in total. The minimum Gasteiger partial charge on any atom is -0.508 e. The van der Waals surface area contributed by atoms with Crippen LogP contribution in [0.4, 0.5) is 4.39 Å². The zero-order chi connectivity index (χ0) is 15.2. The van der Waals surface area contributed by atoms with Gasteiger partial charge in [-0.2, -0.15) is 0 Å². The molecule has 0 saturated carbocycles. The standard InChI is InChI=1S/C17H19BrFNO/c1-12(2-3-13-4-8-16(21)9-5-13)20-11-14-6-7-15(18)10-17(14)19/h4-10,12,20-21H,2-3,11H2,1H3. The van der Waals surface area contributed by atoms with Crippen LogP contribution in [-0.2, 0) is 13.0 Å². The van der Waals surface area contributed by atoms with Crippen molar-refractivity contribution in [1.82, 2.24) is 5.32 Å². The van der Waals surface area contributed by atoms with Gasteiger partial charge in [0.15, 0.2) is 0 Å². The molecule has 0 heterocycles. The van der Waals surface area contributed by atoms with Crippen molar-refractivity contribution >= 4 is 15.9 Å². The molecule has 0 fully saturated rings. The van der Waals surface area contributed by atoms with Crippen LogP contribution >= 0.6 is 15.9 Å². The van der Waals surface area contributed by atoms with Crippen LogP contribution < -0.4 is 5.32 Å². The van der Waals surface area contributed by atoms with E-state index in [2.05, 4.69) is 28.2 Å². The molecule has 21 heavy (non-hydrogen) atoms. The normalized spacial score (nSPS) is 12.3. The van der Waals surface area contributed by atoms with Crippen molar-refractivity contribution in [3.63, 3.8) is 0 Å². The Labute approximate surface area is 133 Å². The maximum absolute atomic E-state index is 13.7. The van der Waals surface area contributed by atoms with E-state index in [1.54, 1.807) is 18.2 Å². The van der Waals surface area contributed by atoms with Crippen LogP contribution in [0.3, 0.4) is 0 Å². The van der Waals surface area contributed by atoms with Gasteiger partial charge in [-0.1, -0.05) is 34.1 Å². The Morgan fingerprint density at radius 1 is 1.19 bits per heavy atom. The molecule has 0 aliphatic heterocycles. The molecular formula is C17H19BrFNO. The molecule has 0 saturated heterocycles. The molecule has 0 bridgehead atoms. The minimum atomic E-state index is -0.192. The van der Waals surface area contributed by atoms with Gasteiger partial charge in [0.25, 0.3) is 0 Å². The lowest BCUT2D eigenvalue weighted by atomic mass is 10.1. The highest BCUT2D eigenvalue weighted by molar-refractivity contribution is 9.10. The van der Waals surface area contributed by atoms with E-state index in [1.165, 1.54) is 11.6 Å². The zero-order valence-corrected chi connectivity index (χ0v) is 13.5. The summed E-state index contributed by atoms with van der Waals surface area (Å²) in [6.07, 6.45) is 1.89. The molecule has 112 valence electrons. The molecule has 1 atom stereocenters. The average Bonchev–Trinajstić information content (AvgIpc) is 2.46. The topological polar surface area (TPSA) is 32.3 Å². The Bertz CT molecular complexity index is 586. The van der Waals surface area contributed by atoms with E-state index in [0.29, 0.717) is 18.2 Å². The lowest BCUT2D eigenvalue weighted by Crippen LogP contribution is -2.26. The highest BCUT2D eigenvalue weighted by Crippen LogP contribution is 2.16. The van der Waals surface area contributed by atoms with Crippen LogP contribution in [0, 0.1) is 5.82 Å². The number of hydrogen-bond donors (Lipinski definition) is 2. The SMILES string of the molecule is CC(CCc1ccc(O)cc1)NCc1ccc(Br)cc1F. The number of nitrogens with one attached hydrogen (secondary N) is 1. The number of phenolic OH excluding ortho intramolecular Hbond substituents is 1. The van der Waals surface area contributed by atoms with E-state index in [9.17, 15) is 9.50 Å².